The van der Waals surface area contributed by atoms with Crippen molar-refractivity contribution in [2.45, 2.75) is 6.54 Å². The highest BCUT2D eigenvalue weighted by Crippen LogP contribution is 2.11. The third-order valence-corrected chi connectivity index (χ3v) is 3.01. The number of carbonyl (C=O) groups excluding carboxylic acids is 1. The number of nitrogens with zero attached hydrogens (tertiary/aromatic N) is 2. The lowest BCUT2D eigenvalue weighted by atomic mass is 10.2. The van der Waals surface area contributed by atoms with E-state index in [1.165, 1.54) is 24.4 Å². The van der Waals surface area contributed by atoms with Crippen molar-refractivity contribution in [1.82, 2.24) is 10.3 Å². The summed E-state index contributed by atoms with van der Waals surface area (Å²) in [5.41, 5.74) is 1.12. The standard InChI is InChI=1S/C17H14N4O3/c18-8-14(11-20-10-12-3-2-6-19-9-12)16(22)21-15-5-1-4-13(7-15)17(23)24/h1-7,9,11,20H,10H2,(H,21,22)(H,23,24)/b14-11-. The molecule has 120 valence electrons. The second-order valence-electron chi connectivity index (χ2n) is 4.75. The van der Waals surface area contributed by atoms with Crippen LogP contribution in [0.5, 0.6) is 0 Å². The third kappa shape index (κ3) is 4.68. The summed E-state index contributed by atoms with van der Waals surface area (Å²) >= 11 is 0. The van der Waals surface area contributed by atoms with Gasteiger partial charge < -0.3 is 15.7 Å². The first-order valence-corrected chi connectivity index (χ1v) is 6.97. The van der Waals surface area contributed by atoms with Gasteiger partial charge in [0.1, 0.15) is 11.6 Å². The van der Waals surface area contributed by atoms with E-state index in [-0.39, 0.29) is 11.1 Å². The molecule has 0 radical (unpaired) electrons. The summed E-state index contributed by atoms with van der Waals surface area (Å²) in [6.07, 6.45) is 4.63. The van der Waals surface area contributed by atoms with Crippen LogP contribution in [0, 0.1) is 11.3 Å². The Bertz CT molecular complexity index is 810. The van der Waals surface area contributed by atoms with Crippen molar-refractivity contribution < 1.29 is 14.7 Å². The summed E-state index contributed by atoms with van der Waals surface area (Å²) in [7, 11) is 0. The van der Waals surface area contributed by atoms with Gasteiger partial charge in [-0.3, -0.25) is 9.78 Å². The lowest BCUT2D eigenvalue weighted by Crippen LogP contribution is -2.17. The van der Waals surface area contributed by atoms with E-state index in [1.54, 1.807) is 30.6 Å². The van der Waals surface area contributed by atoms with Crippen LogP contribution in [0.2, 0.25) is 0 Å². The van der Waals surface area contributed by atoms with Gasteiger partial charge in [0.15, 0.2) is 0 Å². The molecule has 24 heavy (non-hydrogen) atoms. The molecule has 0 unspecified atom stereocenters. The largest absolute Gasteiger partial charge is 0.478 e. The van der Waals surface area contributed by atoms with Gasteiger partial charge in [0.25, 0.3) is 5.91 Å². The number of hydrogen-bond donors (Lipinski definition) is 3. The van der Waals surface area contributed by atoms with E-state index < -0.39 is 11.9 Å². The molecular weight excluding hydrogens is 308 g/mol. The van der Waals surface area contributed by atoms with Crippen LogP contribution >= 0.6 is 0 Å². The van der Waals surface area contributed by atoms with Gasteiger partial charge in [-0.05, 0) is 29.8 Å². The first-order valence-electron chi connectivity index (χ1n) is 6.97. The lowest BCUT2D eigenvalue weighted by molar-refractivity contribution is -0.112. The minimum absolute atomic E-state index is 0.0463. The zero-order chi connectivity index (χ0) is 17.4. The summed E-state index contributed by atoms with van der Waals surface area (Å²) < 4.78 is 0. The topological polar surface area (TPSA) is 115 Å². The molecule has 0 saturated heterocycles. The van der Waals surface area contributed by atoms with Crippen LogP contribution in [0.3, 0.4) is 0 Å². The number of hydrogen-bond acceptors (Lipinski definition) is 5. The summed E-state index contributed by atoms with van der Waals surface area (Å²) in [4.78, 5) is 26.9. The van der Waals surface area contributed by atoms with Crippen LogP contribution in [0.1, 0.15) is 15.9 Å². The number of anilines is 1. The molecule has 1 amide bonds. The maximum Gasteiger partial charge on any atom is 0.335 e. The van der Waals surface area contributed by atoms with E-state index >= 15 is 0 Å². The molecule has 0 atom stereocenters. The number of nitrogens with one attached hydrogen (secondary N) is 2. The highest BCUT2D eigenvalue weighted by Gasteiger charge is 2.10. The molecule has 7 nitrogen and oxygen atoms in total. The van der Waals surface area contributed by atoms with Crippen LogP contribution in [0.25, 0.3) is 0 Å². The Kier molecular flexibility index (Phi) is 5.64. The Balaban J connectivity index is 2.01. The van der Waals surface area contributed by atoms with E-state index in [0.717, 1.165) is 5.56 Å². The number of pyridine rings is 1. The fraction of sp³-hybridized carbons (Fsp3) is 0.0588. The number of aromatic nitrogens is 1. The average Bonchev–Trinajstić information content (AvgIpc) is 2.59. The second-order valence-corrected chi connectivity index (χ2v) is 4.75. The van der Waals surface area contributed by atoms with Gasteiger partial charge in [0.05, 0.1) is 5.56 Å². The minimum atomic E-state index is -1.10. The first-order chi connectivity index (χ1) is 11.6. The smallest absolute Gasteiger partial charge is 0.335 e. The zero-order valence-corrected chi connectivity index (χ0v) is 12.6. The number of rotatable bonds is 6. The van der Waals surface area contributed by atoms with Crippen LogP contribution in [-0.4, -0.2) is 22.0 Å². The van der Waals surface area contributed by atoms with Gasteiger partial charge in [-0.2, -0.15) is 5.26 Å². The van der Waals surface area contributed by atoms with E-state index in [4.69, 9.17) is 10.4 Å². The van der Waals surface area contributed by atoms with Crippen molar-refractivity contribution in [3.05, 3.63) is 71.7 Å². The first kappa shape index (κ1) is 16.7. The molecule has 0 bridgehead atoms. The molecule has 3 N–H and O–H groups in total. The lowest BCUT2D eigenvalue weighted by Gasteiger charge is -2.06. The molecule has 1 aromatic heterocycles. The predicted molar refractivity (Wildman–Crippen MR) is 86.8 cm³/mol. The molecule has 0 saturated carbocycles. The molecule has 7 heteroatoms. The van der Waals surface area contributed by atoms with Gasteiger partial charge in [-0.15, -0.1) is 0 Å². The van der Waals surface area contributed by atoms with Gasteiger partial charge >= 0.3 is 5.97 Å². The number of amides is 1. The number of carboxylic acid groups (broad SMARTS) is 1. The van der Waals surface area contributed by atoms with Gasteiger partial charge in [-0.1, -0.05) is 12.1 Å². The molecule has 0 spiro atoms. The molecule has 0 aliphatic carbocycles. The third-order valence-electron chi connectivity index (χ3n) is 3.01. The SMILES string of the molecule is N#C/C(=C/NCc1cccnc1)C(=O)Nc1cccc(C(=O)O)c1. The van der Waals surface area contributed by atoms with Gasteiger partial charge in [0, 0.05) is 30.8 Å². The second kappa shape index (κ2) is 8.10. The maximum absolute atomic E-state index is 12.1. The molecule has 0 fully saturated rings. The molecular formula is C17H14N4O3. The van der Waals surface area contributed by atoms with Crippen molar-refractivity contribution in [3.63, 3.8) is 0 Å². The molecule has 2 aromatic rings. The van der Waals surface area contributed by atoms with Crippen LogP contribution < -0.4 is 10.6 Å². The number of aromatic carboxylic acids is 1. The van der Waals surface area contributed by atoms with Crippen molar-refractivity contribution in [2.75, 3.05) is 5.32 Å². The summed E-state index contributed by atoms with van der Waals surface area (Å²) in [5.74, 6) is -1.72. The molecule has 2 rings (SSSR count). The van der Waals surface area contributed by atoms with E-state index in [2.05, 4.69) is 15.6 Å². The van der Waals surface area contributed by atoms with Crippen molar-refractivity contribution in [2.24, 2.45) is 0 Å². The normalized spacial score (nSPS) is 10.5. The van der Waals surface area contributed by atoms with E-state index in [9.17, 15) is 9.59 Å². The van der Waals surface area contributed by atoms with Gasteiger partial charge in [0.2, 0.25) is 0 Å². The van der Waals surface area contributed by atoms with Crippen LogP contribution in [-0.2, 0) is 11.3 Å². The number of nitriles is 1. The van der Waals surface area contributed by atoms with E-state index in [1.807, 2.05) is 6.07 Å². The Morgan fingerprint density at radius 3 is 2.79 bits per heavy atom. The van der Waals surface area contributed by atoms with Crippen LogP contribution in [0.4, 0.5) is 5.69 Å². The Morgan fingerprint density at radius 2 is 2.12 bits per heavy atom. The fourth-order valence-electron chi connectivity index (χ4n) is 1.85. The molecule has 0 aliphatic heterocycles. The maximum atomic E-state index is 12.1. The number of carbonyl (C=O) groups is 2. The van der Waals surface area contributed by atoms with Crippen molar-refractivity contribution >= 4 is 17.6 Å². The molecule has 1 heterocycles. The Morgan fingerprint density at radius 1 is 1.29 bits per heavy atom. The predicted octanol–water partition coefficient (Wildman–Crippen LogP) is 1.92. The summed E-state index contributed by atoms with van der Waals surface area (Å²) in [6.45, 7) is 0.417. The Labute approximate surface area is 138 Å². The van der Waals surface area contributed by atoms with Crippen molar-refractivity contribution in [3.8, 4) is 6.07 Å². The Hall–Kier alpha value is -3.66. The summed E-state index contributed by atoms with van der Waals surface area (Å²) in [6, 6.07) is 11.2. The molecule has 1 aromatic carbocycles. The zero-order valence-electron chi connectivity index (χ0n) is 12.6. The van der Waals surface area contributed by atoms with E-state index in [0.29, 0.717) is 12.2 Å². The van der Waals surface area contributed by atoms with Crippen molar-refractivity contribution in [1.29, 1.82) is 5.26 Å². The highest BCUT2D eigenvalue weighted by atomic mass is 16.4. The van der Waals surface area contributed by atoms with Crippen LogP contribution in [0.15, 0.2) is 60.6 Å². The van der Waals surface area contributed by atoms with Gasteiger partial charge in [-0.25, -0.2) is 4.79 Å². The minimum Gasteiger partial charge on any atom is -0.478 e. The number of carboxylic acids is 1. The number of benzene rings is 1. The summed E-state index contributed by atoms with van der Waals surface area (Å²) in [5, 5.41) is 23.4. The molecule has 0 aliphatic rings. The average molecular weight is 322 g/mol. The quantitative estimate of drug-likeness (QED) is 0.553. The highest BCUT2D eigenvalue weighted by molar-refractivity contribution is 6.06. The fourth-order valence-corrected chi connectivity index (χ4v) is 1.85. The monoisotopic (exact) mass is 322 g/mol.